The van der Waals surface area contributed by atoms with Crippen LogP contribution in [0.5, 0.6) is 0 Å². The Morgan fingerprint density at radius 3 is 2.22 bits per heavy atom. The highest BCUT2D eigenvalue weighted by Gasteiger charge is 2.15. The smallest absolute Gasteiger partial charge is 0.261 e. The highest BCUT2D eigenvalue weighted by molar-refractivity contribution is 7.92. The predicted molar refractivity (Wildman–Crippen MR) is 110 cm³/mol. The number of para-hydroxylation sites is 2. The van der Waals surface area contributed by atoms with E-state index in [-0.39, 0.29) is 15.7 Å². The van der Waals surface area contributed by atoms with E-state index < -0.39 is 15.8 Å². The predicted octanol–water partition coefficient (Wildman–Crippen LogP) is 4.44. The summed E-state index contributed by atoms with van der Waals surface area (Å²) in [5.41, 5.74) is 1.15. The lowest BCUT2D eigenvalue weighted by Gasteiger charge is -2.13. The quantitative estimate of drug-likeness (QED) is 0.552. The molecule has 8 heteroatoms. The Morgan fingerprint density at radius 1 is 0.815 bits per heavy atom. The zero-order valence-electron chi connectivity index (χ0n) is 14.0. The lowest BCUT2D eigenvalue weighted by atomic mass is 10.3. The van der Waals surface area contributed by atoms with Gasteiger partial charge in [-0.25, -0.2) is 12.8 Å². The number of halogens is 1. The third-order valence-electron chi connectivity index (χ3n) is 3.55. The van der Waals surface area contributed by atoms with Crippen LogP contribution in [0.15, 0.2) is 83.8 Å². The number of hydrogen-bond donors (Lipinski definition) is 3. The van der Waals surface area contributed by atoms with Gasteiger partial charge in [0.25, 0.3) is 10.0 Å². The molecule has 3 N–H and O–H groups in total. The standard InChI is InChI=1S/C19H16FN3O2S2/c20-17-11-4-5-12-18(17)22-19(26)21-15-9-6-10-16(13-15)27(24,25)23-14-7-2-1-3-8-14/h1-13,23H,(H2,21,22,26). The second-order valence-corrected chi connectivity index (χ2v) is 7.65. The van der Waals surface area contributed by atoms with Crippen LogP contribution in [0, 0.1) is 5.82 Å². The summed E-state index contributed by atoms with van der Waals surface area (Å²) in [5.74, 6) is -0.440. The van der Waals surface area contributed by atoms with Crippen molar-refractivity contribution in [1.29, 1.82) is 0 Å². The van der Waals surface area contributed by atoms with Crippen molar-refractivity contribution in [1.82, 2.24) is 0 Å². The molecule has 138 valence electrons. The van der Waals surface area contributed by atoms with Crippen molar-refractivity contribution in [2.45, 2.75) is 4.90 Å². The lowest BCUT2D eigenvalue weighted by molar-refractivity contribution is 0.601. The SMILES string of the molecule is O=S(=O)(Nc1ccccc1)c1cccc(NC(=S)Nc2ccccc2F)c1. The Kier molecular flexibility index (Phi) is 5.68. The lowest BCUT2D eigenvalue weighted by Crippen LogP contribution is -2.20. The maximum Gasteiger partial charge on any atom is 0.261 e. The van der Waals surface area contributed by atoms with Gasteiger partial charge in [0, 0.05) is 11.4 Å². The molecular weight excluding hydrogens is 385 g/mol. The van der Waals surface area contributed by atoms with Crippen LogP contribution in [0.2, 0.25) is 0 Å². The number of nitrogens with one attached hydrogen (secondary N) is 3. The molecule has 3 aromatic carbocycles. The molecule has 3 aromatic rings. The molecule has 0 aliphatic rings. The van der Waals surface area contributed by atoms with Crippen molar-refractivity contribution in [3.63, 3.8) is 0 Å². The molecule has 0 heterocycles. The Hall–Kier alpha value is -2.97. The highest BCUT2D eigenvalue weighted by atomic mass is 32.2. The van der Waals surface area contributed by atoms with Gasteiger partial charge in [0.2, 0.25) is 0 Å². The van der Waals surface area contributed by atoms with Crippen molar-refractivity contribution >= 4 is 44.4 Å². The van der Waals surface area contributed by atoms with Crippen LogP contribution in [0.1, 0.15) is 0 Å². The van der Waals surface area contributed by atoms with E-state index in [0.29, 0.717) is 11.4 Å². The van der Waals surface area contributed by atoms with Crippen molar-refractivity contribution in [2.75, 3.05) is 15.4 Å². The van der Waals surface area contributed by atoms with Crippen LogP contribution in [0.25, 0.3) is 0 Å². The number of sulfonamides is 1. The van der Waals surface area contributed by atoms with E-state index in [1.165, 1.54) is 18.2 Å². The maximum atomic E-state index is 13.7. The average Bonchev–Trinajstić information content (AvgIpc) is 2.64. The maximum absolute atomic E-state index is 13.7. The normalized spacial score (nSPS) is 10.9. The summed E-state index contributed by atoms with van der Waals surface area (Å²) in [4.78, 5) is 0.0741. The van der Waals surface area contributed by atoms with Gasteiger partial charge in [0.05, 0.1) is 10.6 Å². The molecule has 0 fully saturated rings. The number of thiocarbonyl (C=S) groups is 1. The summed E-state index contributed by atoms with van der Waals surface area (Å²) in [6.07, 6.45) is 0. The van der Waals surface area contributed by atoms with Gasteiger partial charge in [-0.1, -0.05) is 36.4 Å². The highest BCUT2D eigenvalue weighted by Crippen LogP contribution is 2.20. The molecule has 27 heavy (non-hydrogen) atoms. The second kappa shape index (κ2) is 8.15. The van der Waals surface area contributed by atoms with E-state index in [1.807, 2.05) is 0 Å². The first-order valence-corrected chi connectivity index (χ1v) is 9.84. The van der Waals surface area contributed by atoms with Crippen LogP contribution in [-0.4, -0.2) is 13.5 Å². The fourth-order valence-corrected chi connectivity index (χ4v) is 3.64. The van der Waals surface area contributed by atoms with E-state index in [0.717, 1.165) is 0 Å². The van der Waals surface area contributed by atoms with E-state index >= 15 is 0 Å². The molecule has 0 amide bonds. The minimum Gasteiger partial charge on any atom is -0.332 e. The summed E-state index contributed by atoms with van der Waals surface area (Å²) in [6, 6.07) is 20.9. The zero-order chi connectivity index (χ0) is 19.3. The van der Waals surface area contributed by atoms with Gasteiger partial charge in [0.15, 0.2) is 5.11 Å². The van der Waals surface area contributed by atoms with E-state index in [4.69, 9.17) is 12.2 Å². The molecule has 0 aliphatic carbocycles. The first-order chi connectivity index (χ1) is 12.9. The van der Waals surface area contributed by atoms with Gasteiger partial charge in [-0.3, -0.25) is 4.72 Å². The van der Waals surface area contributed by atoms with Crippen LogP contribution >= 0.6 is 12.2 Å². The zero-order valence-corrected chi connectivity index (χ0v) is 15.6. The van der Waals surface area contributed by atoms with Crippen molar-refractivity contribution in [3.8, 4) is 0 Å². The van der Waals surface area contributed by atoms with Crippen molar-refractivity contribution in [3.05, 3.63) is 84.7 Å². The van der Waals surface area contributed by atoms with Gasteiger partial charge >= 0.3 is 0 Å². The minimum atomic E-state index is -3.75. The molecule has 0 spiro atoms. The molecule has 0 saturated heterocycles. The van der Waals surface area contributed by atoms with Crippen molar-refractivity contribution in [2.24, 2.45) is 0 Å². The van der Waals surface area contributed by atoms with Crippen molar-refractivity contribution < 1.29 is 12.8 Å². The van der Waals surface area contributed by atoms with E-state index in [9.17, 15) is 12.8 Å². The number of rotatable bonds is 5. The molecule has 0 bridgehead atoms. The first-order valence-electron chi connectivity index (χ1n) is 7.94. The fraction of sp³-hybridized carbons (Fsp3) is 0. The Labute approximate surface area is 162 Å². The number of anilines is 3. The van der Waals surface area contributed by atoms with Gasteiger partial charge in [-0.2, -0.15) is 0 Å². The van der Waals surface area contributed by atoms with Crippen LogP contribution in [0.3, 0.4) is 0 Å². The summed E-state index contributed by atoms with van der Waals surface area (Å²) in [5, 5.41) is 5.74. The molecule has 5 nitrogen and oxygen atoms in total. The molecule has 0 radical (unpaired) electrons. The Bertz CT molecular complexity index is 1060. The van der Waals surface area contributed by atoms with Gasteiger partial charge in [-0.05, 0) is 54.7 Å². The third-order valence-corrected chi connectivity index (χ3v) is 5.13. The van der Waals surface area contributed by atoms with Gasteiger partial charge in [-0.15, -0.1) is 0 Å². The molecule has 0 atom stereocenters. The first kappa shape index (κ1) is 18.8. The fourth-order valence-electron chi connectivity index (χ4n) is 2.31. The summed E-state index contributed by atoms with van der Waals surface area (Å²) in [6.45, 7) is 0. The van der Waals surface area contributed by atoms with Crippen LogP contribution in [-0.2, 0) is 10.0 Å². The molecular formula is C19H16FN3O2S2. The number of benzene rings is 3. The topological polar surface area (TPSA) is 70.2 Å². The van der Waals surface area contributed by atoms with Gasteiger partial charge in [0.1, 0.15) is 5.82 Å². The summed E-state index contributed by atoms with van der Waals surface area (Å²) < 4.78 is 41.3. The Morgan fingerprint density at radius 2 is 1.48 bits per heavy atom. The molecule has 3 rings (SSSR count). The molecule has 0 unspecified atom stereocenters. The van der Waals surface area contributed by atoms with Gasteiger partial charge < -0.3 is 10.6 Å². The van der Waals surface area contributed by atoms with E-state index in [1.54, 1.807) is 60.7 Å². The molecule has 0 saturated carbocycles. The summed E-state index contributed by atoms with van der Waals surface area (Å²) >= 11 is 5.17. The minimum absolute atomic E-state index is 0.0741. The molecule has 0 aromatic heterocycles. The molecule has 0 aliphatic heterocycles. The Balaban J connectivity index is 1.73. The third kappa shape index (κ3) is 5.02. The second-order valence-electron chi connectivity index (χ2n) is 5.56. The van der Waals surface area contributed by atoms with Crippen LogP contribution in [0.4, 0.5) is 21.5 Å². The largest absolute Gasteiger partial charge is 0.332 e. The van der Waals surface area contributed by atoms with Crippen LogP contribution < -0.4 is 15.4 Å². The average molecular weight is 401 g/mol. The summed E-state index contributed by atoms with van der Waals surface area (Å²) in [7, 11) is -3.75. The van der Waals surface area contributed by atoms with E-state index in [2.05, 4.69) is 15.4 Å². The monoisotopic (exact) mass is 401 g/mol. The number of hydrogen-bond acceptors (Lipinski definition) is 3.